The average Bonchev–Trinajstić information content (AvgIpc) is 2.96. The number of hydrogen-bond donors (Lipinski definition) is 1. The predicted octanol–water partition coefficient (Wildman–Crippen LogP) is 7.76. The molecule has 40 heavy (non-hydrogen) atoms. The molecular formula is C34H42O6. The van der Waals surface area contributed by atoms with Crippen LogP contribution < -0.4 is 23.7 Å². The van der Waals surface area contributed by atoms with Gasteiger partial charge in [0.25, 0.3) is 5.79 Å². The van der Waals surface area contributed by atoms with E-state index in [9.17, 15) is 5.11 Å². The maximum Gasteiger partial charge on any atom is 0.270 e. The van der Waals surface area contributed by atoms with E-state index in [1.165, 1.54) is 24.0 Å². The first-order valence-electron chi connectivity index (χ1n) is 13.8. The van der Waals surface area contributed by atoms with Gasteiger partial charge in [-0.25, -0.2) is 0 Å². The average molecular weight is 547 g/mol. The summed E-state index contributed by atoms with van der Waals surface area (Å²) in [6.07, 6.45) is 16.0. The molecule has 5 rings (SSSR count). The second kappa shape index (κ2) is 12.3. The highest BCUT2D eigenvalue weighted by Gasteiger charge is 2.44. The standard InChI is InChI=1S/C19H18O6.C15H24/c1-21-12-5-4-11-6-14-13-8-17(22-2)18(23-3)9-16(13)24-10-19(14,20)25-15(11)7-12;1-13-7-5-8-14(2)10-12-15(3,4)11-6-9-13/h4-9,20H,10H2,1-3H3;6-7,10-11H,5,8-9,12H2,1-4H3. The molecule has 0 saturated carbocycles. The molecule has 0 saturated heterocycles. The Kier molecular flexibility index (Phi) is 8.99. The van der Waals surface area contributed by atoms with E-state index in [1.807, 2.05) is 18.2 Å². The summed E-state index contributed by atoms with van der Waals surface area (Å²) in [5.74, 6) is 1.34. The van der Waals surface area contributed by atoms with E-state index in [1.54, 1.807) is 39.5 Å². The van der Waals surface area contributed by atoms with Crippen LogP contribution in [-0.4, -0.2) is 38.8 Å². The van der Waals surface area contributed by atoms with Gasteiger partial charge in [-0.05, 0) is 69.2 Å². The zero-order chi connectivity index (χ0) is 28.9. The normalized spacial score (nSPS) is 21.1. The van der Waals surface area contributed by atoms with Crippen molar-refractivity contribution in [3.8, 4) is 28.7 Å². The molecule has 0 fully saturated rings. The van der Waals surface area contributed by atoms with E-state index in [0.717, 1.165) is 18.4 Å². The van der Waals surface area contributed by atoms with Crippen LogP contribution in [0.15, 0.2) is 65.8 Å². The second-order valence-corrected chi connectivity index (χ2v) is 11.3. The molecule has 0 aromatic heterocycles. The van der Waals surface area contributed by atoms with E-state index in [-0.39, 0.29) is 6.61 Å². The van der Waals surface area contributed by atoms with Gasteiger partial charge in [-0.2, -0.15) is 0 Å². The summed E-state index contributed by atoms with van der Waals surface area (Å²) in [6.45, 7) is 9.07. The van der Waals surface area contributed by atoms with Gasteiger partial charge in [0.15, 0.2) is 18.1 Å². The molecule has 6 heteroatoms. The molecule has 0 bridgehead atoms. The van der Waals surface area contributed by atoms with E-state index >= 15 is 0 Å². The molecule has 1 N–H and O–H groups in total. The van der Waals surface area contributed by atoms with Crippen molar-refractivity contribution in [2.75, 3.05) is 27.9 Å². The highest BCUT2D eigenvalue weighted by molar-refractivity contribution is 5.92. The monoisotopic (exact) mass is 546 g/mol. The van der Waals surface area contributed by atoms with Gasteiger partial charge < -0.3 is 28.8 Å². The van der Waals surface area contributed by atoms with Gasteiger partial charge in [0.2, 0.25) is 0 Å². The van der Waals surface area contributed by atoms with Crippen molar-refractivity contribution in [1.29, 1.82) is 0 Å². The SMILES string of the molecule is CC1=CCCC(C)=CCC(C)(C)C=CC1.COc1ccc2c(c1)OC1(O)COc3cc(OC)c(OC)cc3C1=C2. The van der Waals surface area contributed by atoms with Gasteiger partial charge in [-0.3, -0.25) is 0 Å². The molecule has 2 aliphatic heterocycles. The van der Waals surface area contributed by atoms with Crippen LogP contribution in [0.5, 0.6) is 28.7 Å². The van der Waals surface area contributed by atoms with Crippen LogP contribution in [-0.2, 0) is 0 Å². The fraction of sp³-hybridized carbons (Fsp3) is 0.412. The molecule has 2 aromatic rings. The Bertz CT molecular complexity index is 1350. The summed E-state index contributed by atoms with van der Waals surface area (Å²) < 4.78 is 27.5. The molecule has 2 aromatic carbocycles. The zero-order valence-electron chi connectivity index (χ0n) is 24.8. The Morgan fingerprint density at radius 1 is 0.875 bits per heavy atom. The number of hydrogen-bond acceptors (Lipinski definition) is 6. The van der Waals surface area contributed by atoms with Gasteiger partial charge >= 0.3 is 0 Å². The third-order valence-corrected chi connectivity index (χ3v) is 7.44. The van der Waals surface area contributed by atoms with Crippen molar-refractivity contribution in [3.63, 3.8) is 0 Å². The highest BCUT2D eigenvalue weighted by Crippen LogP contribution is 2.49. The molecular weight excluding hydrogens is 504 g/mol. The first kappa shape index (κ1) is 29.3. The lowest BCUT2D eigenvalue weighted by Gasteiger charge is -2.39. The second-order valence-electron chi connectivity index (χ2n) is 11.3. The number of benzene rings is 2. The number of methoxy groups -OCH3 is 3. The molecule has 0 radical (unpaired) electrons. The van der Waals surface area contributed by atoms with Crippen LogP contribution in [0.4, 0.5) is 0 Å². The Morgan fingerprint density at radius 2 is 1.62 bits per heavy atom. The van der Waals surface area contributed by atoms with Crippen molar-refractivity contribution in [1.82, 2.24) is 0 Å². The minimum atomic E-state index is -1.58. The van der Waals surface area contributed by atoms with Gasteiger partial charge in [-0.1, -0.05) is 49.3 Å². The van der Waals surface area contributed by atoms with E-state index < -0.39 is 5.79 Å². The van der Waals surface area contributed by atoms with Crippen LogP contribution in [0.3, 0.4) is 0 Å². The number of ether oxygens (including phenoxy) is 5. The number of fused-ring (bicyclic) bond motifs is 4. The van der Waals surface area contributed by atoms with Crippen molar-refractivity contribution >= 4 is 11.6 Å². The summed E-state index contributed by atoms with van der Waals surface area (Å²) in [6, 6.07) is 9.00. The van der Waals surface area contributed by atoms with Crippen molar-refractivity contribution in [2.45, 2.75) is 59.2 Å². The van der Waals surface area contributed by atoms with Crippen LogP contribution >= 0.6 is 0 Å². The van der Waals surface area contributed by atoms with Gasteiger partial charge in [0.05, 0.1) is 21.3 Å². The summed E-state index contributed by atoms with van der Waals surface area (Å²) in [5, 5.41) is 11.0. The third kappa shape index (κ3) is 6.73. The fourth-order valence-electron chi connectivity index (χ4n) is 4.92. The summed E-state index contributed by atoms with van der Waals surface area (Å²) in [4.78, 5) is 0. The topological polar surface area (TPSA) is 66.4 Å². The Labute approximate surface area is 238 Å². The Balaban J connectivity index is 0.000000212. The molecule has 214 valence electrons. The highest BCUT2D eigenvalue weighted by atomic mass is 16.7. The van der Waals surface area contributed by atoms with Crippen molar-refractivity contribution in [3.05, 3.63) is 76.9 Å². The molecule has 0 amide bonds. The van der Waals surface area contributed by atoms with Gasteiger partial charge in [-0.15, -0.1) is 0 Å². The minimum absolute atomic E-state index is 0.0298. The van der Waals surface area contributed by atoms with Gasteiger partial charge in [0.1, 0.15) is 17.2 Å². The van der Waals surface area contributed by atoms with Crippen LogP contribution in [0.2, 0.25) is 0 Å². The smallest absolute Gasteiger partial charge is 0.270 e. The van der Waals surface area contributed by atoms with Gasteiger partial charge in [0, 0.05) is 28.8 Å². The van der Waals surface area contributed by atoms with E-state index in [0.29, 0.717) is 45.3 Å². The minimum Gasteiger partial charge on any atom is -0.497 e. The molecule has 1 aliphatic carbocycles. The summed E-state index contributed by atoms with van der Waals surface area (Å²) >= 11 is 0. The van der Waals surface area contributed by atoms with Crippen molar-refractivity contribution in [2.24, 2.45) is 5.41 Å². The summed E-state index contributed by atoms with van der Waals surface area (Å²) in [7, 11) is 4.71. The number of allylic oxidation sites excluding steroid dienone is 6. The lowest BCUT2D eigenvalue weighted by molar-refractivity contribution is -0.116. The first-order chi connectivity index (χ1) is 19.1. The van der Waals surface area contributed by atoms with E-state index in [4.69, 9.17) is 23.7 Å². The largest absolute Gasteiger partial charge is 0.497 e. The number of aliphatic hydroxyl groups is 1. The zero-order valence-corrected chi connectivity index (χ0v) is 24.8. The molecule has 3 aliphatic rings. The van der Waals surface area contributed by atoms with Crippen molar-refractivity contribution < 1.29 is 28.8 Å². The quantitative estimate of drug-likeness (QED) is 0.397. The van der Waals surface area contributed by atoms with Crippen LogP contribution in [0, 0.1) is 5.41 Å². The molecule has 0 spiro atoms. The maximum absolute atomic E-state index is 11.0. The molecule has 6 nitrogen and oxygen atoms in total. The Hall–Kier alpha value is -3.64. The van der Waals surface area contributed by atoms with Crippen LogP contribution in [0.25, 0.3) is 11.6 Å². The first-order valence-corrected chi connectivity index (χ1v) is 13.8. The third-order valence-electron chi connectivity index (χ3n) is 7.44. The Morgan fingerprint density at radius 3 is 2.35 bits per heavy atom. The maximum atomic E-state index is 11.0. The fourth-order valence-corrected chi connectivity index (χ4v) is 4.92. The predicted molar refractivity (Wildman–Crippen MR) is 160 cm³/mol. The molecule has 1 unspecified atom stereocenters. The van der Waals surface area contributed by atoms with Crippen LogP contribution in [0.1, 0.15) is 64.5 Å². The lowest BCUT2D eigenvalue weighted by Crippen LogP contribution is -2.47. The molecule has 1 atom stereocenters. The number of rotatable bonds is 3. The summed E-state index contributed by atoms with van der Waals surface area (Å²) in [5.41, 5.74) is 5.51. The van der Waals surface area contributed by atoms with E-state index in [2.05, 4.69) is 52.0 Å². The molecule has 2 heterocycles. The lowest BCUT2D eigenvalue weighted by atomic mass is 9.87.